The van der Waals surface area contributed by atoms with E-state index in [1.165, 1.54) is 19.2 Å². The number of nitrogens with zero attached hydrogens (tertiary/aromatic N) is 1. The molecule has 31 heavy (non-hydrogen) atoms. The monoisotopic (exact) mass is 424 g/mol. The molecule has 3 aromatic carbocycles. The van der Waals surface area contributed by atoms with Crippen LogP contribution in [0.2, 0.25) is 0 Å². The lowest BCUT2D eigenvalue weighted by molar-refractivity contribution is -0.120. The van der Waals surface area contributed by atoms with Crippen molar-refractivity contribution in [2.24, 2.45) is 0 Å². The van der Waals surface area contributed by atoms with Gasteiger partial charge in [-0.05, 0) is 42.0 Å². The SMILES string of the molecule is COc1cccc(NC2=C(c3ccc(F)cc3)C(=O)N(c3cc(F)ccc3F)C2=O)c1. The van der Waals surface area contributed by atoms with Crippen molar-refractivity contribution in [3.8, 4) is 5.75 Å². The molecule has 156 valence electrons. The Labute approximate surface area is 175 Å². The minimum atomic E-state index is -0.941. The highest BCUT2D eigenvalue weighted by Crippen LogP contribution is 2.35. The number of halogens is 3. The fourth-order valence-electron chi connectivity index (χ4n) is 3.25. The van der Waals surface area contributed by atoms with Gasteiger partial charge in [0.15, 0.2) is 0 Å². The normalized spacial score (nSPS) is 13.7. The second kappa shape index (κ2) is 7.98. The van der Waals surface area contributed by atoms with Crippen LogP contribution in [0.4, 0.5) is 24.5 Å². The minimum absolute atomic E-state index is 0.100. The maximum absolute atomic E-state index is 14.4. The summed E-state index contributed by atoms with van der Waals surface area (Å²) in [6.45, 7) is 0. The first kappa shape index (κ1) is 20.2. The van der Waals surface area contributed by atoms with Gasteiger partial charge in [0.1, 0.15) is 28.9 Å². The topological polar surface area (TPSA) is 58.6 Å². The summed E-state index contributed by atoms with van der Waals surface area (Å²) >= 11 is 0. The number of carbonyl (C=O) groups excluding carboxylic acids is 2. The average Bonchev–Trinajstić information content (AvgIpc) is 3.00. The first-order chi connectivity index (χ1) is 14.9. The molecule has 8 heteroatoms. The second-order valence-corrected chi connectivity index (χ2v) is 6.66. The molecule has 0 saturated heterocycles. The quantitative estimate of drug-likeness (QED) is 0.613. The highest BCUT2D eigenvalue weighted by Gasteiger charge is 2.41. The number of ether oxygens (including phenoxy) is 1. The van der Waals surface area contributed by atoms with Crippen LogP contribution in [0.15, 0.2) is 72.4 Å². The summed E-state index contributed by atoms with van der Waals surface area (Å²) in [5.74, 6) is -3.53. The largest absolute Gasteiger partial charge is 0.497 e. The Hall–Kier alpha value is -4.07. The van der Waals surface area contributed by atoms with Gasteiger partial charge in [0.2, 0.25) is 0 Å². The van der Waals surface area contributed by atoms with E-state index in [4.69, 9.17) is 4.74 Å². The van der Waals surface area contributed by atoms with Crippen molar-refractivity contribution in [3.05, 3.63) is 95.4 Å². The number of carbonyl (C=O) groups is 2. The maximum Gasteiger partial charge on any atom is 0.282 e. The van der Waals surface area contributed by atoms with E-state index in [2.05, 4.69) is 5.32 Å². The standard InChI is InChI=1S/C23H15F3N2O3/c1-31-17-4-2-3-16(12-17)27-21-20(13-5-7-14(24)8-6-13)22(29)28(23(21)30)19-11-15(25)9-10-18(19)26/h2-12,27H,1H3. The van der Waals surface area contributed by atoms with Crippen LogP contribution in [0.5, 0.6) is 5.75 Å². The lowest BCUT2D eigenvalue weighted by Gasteiger charge is -2.16. The number of imide groups is 1. The number of anilines is 2. The first-order valence-electron chi connectivity index (χ1n) is 9.14. The minimum Gasteiger partial charge on any atom is -0.497 e. The number of methoxy groups -OCH3 is 1. The third kappa shape index (κ3) is 3.75. The predicted octanol–water partition coefficient (Wildman–Crippen LogP) is 4.51. The zero-order chi connectivity index (χ0) is 22.1. The van der Waals surface area contributed by atoms with E-state index in [1.54, 1.807) is 24.3 Å². The number of amides is 2. The zero-order valence-corrected chi connectivity index (χ0v) is 16.2. The van der Waals surface area contributed by atoms with Crippen LogP contribution in [0.3, 0.4) is 0 Å². The summed E-state index contributed by atoms with van der Waals surface area (Å²) in [6, 6.07) is 14.0. The van der Waals surface area contributed by atoms with Crippen molar-refractivity contribution in [1.82, 2.24) is 0 Å². The van der Waals surface area contributed by atoms with Crippen LogP contribution in [0.1, 0.15) is 5.56 Å². The summed E-state index contributed by atoms with van der Waals surface area (Å²) in [5.41, 5.74) is -0.108. The fourth-order valence-corrected chi connectivity index (χ4v) is 3.25. The van der Waals surface area contributed by atoms with Gasteiger partial charge in [-0.25, -0.2) is 18.1 Å². The highest BCUT2D eigenvalue weighted by atomic mass is 19.1. The van der Waals surface area contributed by atoms with Crippen LogP contribution in [0.25, 0.3) is 5.57 Å². The van der Waals surface area contributed by atoms with E-state index in [9.17, 15) is 22.8 Å². The molecule has 0 radical (unpaired) electrons. The molecule has 5 nitrogen and oxygen atoms in total. The summed E-state index contributed by atoms with van der Waals surface area (Å²) in [5, 5.41) is 2.87. The smallest absolute Gasteiger partial charge is 0.282 e. The molecular formula is C23H15F3N2O3. The van der Waals surface area contributed by atoms with E-state index >= 15 is 0 Å². The Bertz CT molecular complexity index is 1220. The Morgan fingerprint density at radius 2 is 1.55 bits per heavy atom. The third-order valence-electron chi connectivity index (χ3n) is 4.70. The molecule has 4 rings (SSSR count). The van der Waals surface area contributed by atoms with Crippen LogP contribution in [0, 0.1) is 17.5 Å². The van der Waals surface area contributed by atoms with Gasteiger partial charge >= 0.3 is 0 Å². The van der Waals surface area contributed by atoms with Gasteiger partial charge in [0.05, 0.1) is 18.4 Å². The van der Waals surface area contributed by atoms with E-state index in [-0.39, 0.29) is 16.8 Å². The molecule has 2 amide bonds. The molecule has 1 N–H and O–H groups in total. The van der Waals surface area contributed by atoms with Crippen LogP contribution in [-0.4, -0.2) is 18.9 Å². The molecule has 0 fully saturated rings. The highest BCUT2D eigenvalue weighted by molar-refractivity contribution is 6.46. The van der Waals surface area contributed by atoms with Crippen molar-refractivity contribution >= 4 is 28.8 Å². The summed E-state index contributed by atoms with van der Waals surface area (Å²) in [7, 11) is 1.47. The third-order valence-corrected chi connectivity index (χ3v) is 4.70. The second-order valence-electron chi connectivity index (χ2n) is 6.66. The molecule has 0 saturated carbocycles. The van der Waals surface area contributed by atoms with Gasteiger partial charge < -0.3 is 10.1 Å². The van der Waals surface area contributed by atoms with Crippen molar-refractivity contribution in [2.45, 2.75) is 0 Å². The first-order valence-corrected chi connectivity index (χ1v) is 9.14. The van der Waals surface area contributed by atoms with E-state index in [0.29, 0.717) is 16.3 Å². The Kier molecular flexibility index (Phi) is 5.21. The summed E-state index contributed by atoms with van der Waals surface area (Å²) in [6.07, 6.45) is 0. The lowest BCUT2D eigenvalue weighted by atomic mass is 10.0. The number of hydrogen-bond donors (Lipinski definition) is 1. The van der Waals surface area contributed by atoms with Gasteiger partial charge in [-0.3, -0.25) is 9.59 Å². The van der Waals surface area contributed by atoms with Crippen LogP contribution >= 0.6 is 0 Å². The zero-order valence-electron chi connectivity index (χ0n) is 16.2. The van der Waals surface area contributed by atoms with Gasteiger partial charge in [-0.1, -0.05) is 18.2 Å². The lowest BCUT2D eigenvalue weighted by Crippen LogP contribution is -2.33. The van der Waals surface area contributed by atoms with E-state index in [0.717, 1.165) is 30.3 Å². The van der Waals surface area contributed by atoms with Crippen molar-refractivity contribution < 1.29 is 27.5 Å². The van der Waals surface area contributed by atoms with Crippen LogP contribution in [-0.2, 0) is 9.59 Å². The maximum atomic E-state index is 14.4. The van der Waals surface area contributed by atoms with E-state index < -0.39 is 35.0 Å². The molecule has 0 unspecified atom stereocenters. The number of hydrogen-bond acceptors (Lipinski definition) is 4. The average molecular weight is 424 g/mol. The molecule has 1 aliphatic rings. The molecule has 0 spiro atoms. The van der Waals surface area contributed by atoms with Gasteiger partial charge in [-0.2, -0.15) is 0 Å². The predicted molar refractivity (Wildman–Crippen MR) is 109 cm³/mol. The Morgan fingerprint density at radius 1 is 0.839 bits per heavy atom. The molecule has 0 bridgehead atoms. The Morgan fingerprint density at radius 3 is 2.26 bits per heavy atom. The van der Waals surface area contributed by atoms with E-state index in [1.807, 2.05) is 0 Å². The fraction of sp³-hybridized carbons (Fsp3) is 0.0435. The van der Waals surface area contributed by atoms with Crippen molar-refractivity contribution in [3.63, 3.8) is 0 Å². The molecule has 1 aliphatic heterocycles. The summed E-state index contributed by atoms with van der Waals surface area (Å²) < 4.78 is 46.7. The van der Waals surface area contributed by atoms with Crippen LogP contribution < -0.4 is 15.0 Å². The van der Waals surface area contributed by atoms with Gasteiger partial charge in [-0.15, -0.1) is 0 Å². The number of nitrogens with one attached hydrogen (secondary N) is 1. The molecule has 0 atom stereocenters. The molecule has 0 aliphatic carbocycles. The number of rotatable bonds is 5. The van der Waals surface area contributed by atoms with Gasteiger partial charge in [0, 0.05) is 17.8 Å². The summed E-state index contributed by atoms with van der Waals surface area (Å²) in [4.78, 5) is 26.9. The Balaban J connectivity index is 1.84. The van der Waals surface area contributed by atoms with Crippen molar-refractivity contribution in [2.75, 3.05) is 17.3 Å². The molecular weight excluding hydrogens is 409 g/mol. The van der Waals surface area contributed by atoms with Crippen molar-refractivity contribution in [1.29, 1.82) is 0 Å². The number of benzene rings is 3. The molecule has 0 aromatic heterocycles. The molecule has 1 heterocycles. The molecule has 3 aromatic rings. The van der Waals surface area contributed by atoms with Gasteiger partial charge in [0.25, 0.3) is 11.8 Å².